The number of aromatic nitrogens is 3. The highest BCUT2D eigenvalue weighted by atomic mass is 16.2. The van der Waals surface area contributed by atoms with Crippen LogP contribution in [0.25, 0.3) is 0 Å². The Kier molecular flexibility index (Phi) is 12.1. The summed E-state index contributed by atoms with van der Waals surface area (Å²) >= 11 is 0. The van der Waals surface area contributed by atoms with Gasteiger partial charge in [-0.3, -0.25) is 24.3 Å². The Morgan fingerprint density at radius 3 is 2.40 bits per heavy atom. The molecule has 0 aromatic carbocycles. The maximum atomic E-state index is 13.1. The molecule has 0 saturated carbocycles. The predicted molar refractivity (Wildman–Crippen MR) is 175 cm³/mol. The van der Waals surface area contributed by atoms with Gasteiger partial charge in [-0.25, -0.2) is 4.98 Å². The molecule has 1 amide bonds. The van der Waals surface area contributed by atoms with Crippen LogP contribution in [-0.4, -0.2) is 88.2 Å². The average Bonchev–Trinajstić information content (AvgIpc) is 3.00. The molecule has 2 saturated heterocycles. The van der Waals surface area contributed by atoms with Crippen molar-refractivity contribution in [3.8, 4) is 0 Å². The van der Waals surface area contributed by atoms with E-state index in [0.29, 0.717) is 61.4 Å². The van der Waals surface area contributed by atoms with E-state index >= 15 is 0 Å². The van der Waals surface area contributed by atoms with E-state index in [-0.39, 0.29) is 40.6 Å². The van der Waals surface area contributed by atoms with Crippen LogP contribution in [0.1, 0.15) is 75.9 Å². The number of anilines is 3. The predicted octanol–water partition coefficient (Wildman–Crippen LogP) is 2.88. The molecule has 2 atom stereocenters. The van der Waals surface area contributed by atoms with Crippen LogP contribution in [0.4, 0.5) is 17.5 Å². The molecule has 12 heteroatoms. The third-order valence-electron chi connectivity index (χ3n) is 8.10. The Morgan fingerprint density at radius 2 is 1.81 bits per heavy atom. The molecule has 2 unspecified atom stereocenters. The summed E-state index contributed by atoms with van der Waals surface area (Å²) in [6.45, 7) is 15.6. The number of likely N-dealkylation sites (tertiary alicyclic amines) is 1. The fraction of sp³-hybridized carbons (Fsp3) is 0.581. The summed E-state index contributed by atoms with van der Waals surface area (Å²) in [6.07, 6.45) is 6.31. The van der Waals surface area contributed by atoms with Crippen molar-refractivity contribution in [2.24, 2.45) is 10.9 Å². The number of nitrogens with zero attached hydrogens (tertiary/aromatic N) is 5. The third kappa shape index (κ3) is 8.13. The lowest BCUT2D eigenvalue weighted by Crippen LogP contribution is -2.59. The number of piperazine rings is 1. The number of carbonyl (C=O) groups excluding carboxylic acids is 1. The van der Waals surface area contributed by atoms with Gasteiger partial charge in [0.25, 0.3) is 11.5 Å². The lowest BCUT2D eigenvalue weighted by molar-refractivity contribution is 0.0491. The minimum absolute atomic E-state index is 0.101. The lowest BCUT2D eigenvalue weighted by Gasteiger charge is -2.47. The number of nitrogen functional groups attached to an aromatic ring is 2. The maximum absolute atomic E-state index is 13.1. The number of hydrogen-bond donors (Lipinski definition) is 4. The highest BCUT2D eigenvalue weighted by Gasteiger charge is 2.35. The zero-order valence-corrected chi connectivity index (χ0v) is 26.4. The van der Waals surface area contributed by atoms with E-state index in [1.165, 1.54) is 18.6 Å². The molecule has 0 bridgehead atoms. The molecule has 236 valence electrons. The van der Waals surface area contributed by atoms with Crippen molar-refractivity contribution in [3.63, 3.8) is 0 Å². The van der Waals surface area contributed by atoms with Crippen molar-refractivity contribution >= 4 is 29.1 Å². The van der Waals surface area contributed by atoms with Gasteiger partial charge in [-0.05, 0) is 37.7 Å². The van der Waals surface area contributed by atoms with Crippen LogP contribution in [0.3, 0.4) is 0 Å². The number of H-pyrrole nitrogens is 2. The van der Waals surface area contributed by atoms with Gasteiger partial charge in [0, 0.05) is 57.9 Å². The Morgan fingerprint density at radius 1 is 1.14 bits per heavy atom. The van der Waals surface area contributed by atoms with E-state index in [9.17, 15) is 14.4 Å². The van der Waals surface area contributed by atoms with Gasteiger partial charge in [-0.1, -0.05) is 40.2 Å². The molecule has 0 radical (unpaired) electrons. The molecular formula is C31H49N9O3. The zero-order valence-electron chi connectivity index (χ0n) is 26.4. The molecule has 4 heterocycles. The molecular weight excluding hydrogens is 546 g/mol. The van der Waals surface area contributed by atoms with E-state index in [0.717, 1.165) is 25.8 Å². The number of allylic oxidation sites excluding steroid dienone is 1. The van der Waals surface area contributed by atoms with Crippen LogP contribution in [0.5, 0.6) is 0 Å². The van der Waals surface area contributed by atoms with Gasteiger partial charge in [0.15, 0.2) is 11.6 Å². The quantitative estimate of drug-likeness (QED) is 0.267. The Hall–Kier alpha value is -3.93. The minimum Gasteiger partial charge on any atom is -0.385 e. The number of carbonyl (C=O) groups is 1. The normalized spacial score (nSPS) is 19.0. The van der Waals surface area contributed by atoms with E-state index in [4.69, 9.17) is 11.5 Å². The van der Waals surface area contributed by atoms with Gasteiger partial charge in [0.2, 0.25) is 5.56 Å². The number of hydrogen-bond acceptors (Lipinski definition) is 9. The summed E-state index contributed by atoms with van der Waals surface area (Å²) < 4.78 is 0. The van der Waals surface area contributed by atoms with Crippen LogP contribution in [-0.2, 0) is 0 Å². The number of amides is 1. The second kappa shape index (κ2) is 15.5. The maximum Gasteiger partial charge on any atom is 0.291 e. The number of nitrogens with one attached hydrogen (secondary N) is 2. The fourth-order valence-electron chi connectivity index (χ4n) is 5.74. The smallest absolute Gasteiger partial charge is 0.291 e. The fourth-order valence-corrected chi connectivity index (χ4v) is 5.74. The molecule has 43 heavy (non-hydrogen) atoms. The number of nitrogens with two attached hydrogens (primary N) is 2. The van der Waals surface area contributed by atoms with Crippen LogP contribution in [0.15, 0.2) is 39.4 Å². The first kappa shape index (κ1) is 33.6. The third-order valence-corrected chi connectivity index (χ3v) is 8.10. The lowest BCUT2D eigenvalue weighted by atomic mass is 9.97. The van der Waals surface area contributed by atoms with Crippen molar-refractivity contribution < 1.29 is 4.79 Å². The molecule has 2 aliphatic rings. The summed E-state index contributed by atoms with van der Waals surface area (Å²) in [7, 11) is 1.68. The average molecular weight is 596 g/mol. The highest BCUT2D eigenvalue weighted by molar-refractivity contribution is 6.02. The summed E-state index contributed by atoms with van der Waals surface area (Å²) in [4.78, 5) is 58.2. The van der Waals surface area contributed by atoms with Crippen LogP contribution < -0.4 is 27.5 Å². The van der Waals surface area contributed by atoms with Crippen LogP contribution >= 0.6 is 0 Å². The monoisotopic (exact) mass is 595 g/mol. The van der Waals surface area contributed by atoms with Gasteiger partial charge >= 0.3 is 0 Å². The highest BCUT2D eigenvalue weighted by Crippen LogP contribution is 2.26. The molecule has 2 aromatic rings. The molecule has 6 N–H and O–H groups in total. The largest absolute Gasteiger partial charge is 0.385 e. The van der Waals surface area contributed by atoms with Gasteiger partial charge < -0.3 is 31.2 Å². The number of aromatic amines is 2. The van der Waals surface area contributed by atoms with E-state index in [1.54, 1.807) is 11.9 Å². The Labute approximate surface area is 254 Å². The second-order valence-electron chi connectivity index (χ2n) is 11.4. The first-order valence-corrected chi connectivity index (χ1v) is 15.3. The van der Waals surface area contributed by atoms with Gasteiger partial charge in [0.05, 0.1) is 11.3 Å². The van der Waals surface area contributed by atoms with Crippen molar-refractivity contribution in [3.05, 3.63) is 56.8 Å². The van der Waals surface area contributed by atoms with Crippen molar-refractivity contribution in [1.82, 2.24) is 24.8 Å². The van der Waals surface area contributed by atoms with Crippen molar-refractivity contribution in [1.29, 1.82) is 0 Å². The van der Waals surface area contributed by atoms with Gasteiger partial charge in [0.1, 0.15) is 11.5 Å². The van der Waals surface area contributed by atoms with Gasteiger partial charge in [-0.2, -0.15) is 0 Å². The number of rotatable bonds is 8. The summed E-state index contributed by atoms with van der Waals surface area (Å²) in [5.74, 6) is 0.730. The summed E-state index contributed by atoms with van der Waals surface area (Å²) in [5, 5.41) is 0. The van der Waals surface area contributed by atoms with Crippen molar-refractivity contribution in [2.45, 2.75) is 71.9 Å². The standard InChI is InChI=1S/C28H41N9O3.C3H8/c1-5-17(3)15-21(31-4)23-25(30)34-26(27(39)33-23)36-13-14-37(18(6-2)16-36)19-9-11-35(12-10-19)28(40)20-7-8-22(38)32-24(20)29;1-3-2/h5,7-8,17-19H,1,6,9-16H2,2-4H3,(H2,30,34)(H,33,39)(H3,29,32,38);3H2,1-2H3. The summed E-state index contributed by atoms with van der Waals surface area (Å²) in [6, 6.07) is 3.38. The molecule has 0 spiro atoms. The number of pyridine rings is 1. The molecule has 4 rings (SSSR count). The van der Waals surface area contributed by atoms with E-state index in [2.05, 4.69) is 52.2 Å². The Bertz CT molecular complexity index is 1390. The van der Waals surface area contributed by atoms with Gasteiger partial charge in [-0.15, -0.1) is 6.58 Å². The topological polar surface area (TPSA) is 170 Å². The molecule has 2 aromatic heterocycles. The first-order chi connectivity index (χ1) is 20.6. The minimum atomic E-state index is -0.328. The molecule has 2 aliphatic heterocycles. The number of piperidine rings is 1. The van der Waals surface area contributed by atoms with E-state index < -0.39 is 0 Å². The van der Waals surface area contributed by atoms with Crippen molar-refractivity contribution in [2.75, 3.05) is 56.1 Å². The number of aliphatic imine (C=N–C) groups is 1. The Balaban J connectivity index is 0.00000162. The second-order valence-corrected chi connectivity index (χ2v) is 11.4. The van der Waals surface area contributed by atoms with Crippen LogP contribution in [0.2, 0.25) is 0 Å². The summed E-state index contributed by atoms with van der Waals surface area (Å²) in [5.41, 5.74) is 13.1. The molecule has 12 nitrogen and oxygen atoms in total. The molecule has 0 aliphatic carbocycles. The van der Waals surface area contributed by atoms with Crippen LogP contribution in [0, 0.1) is 5.92 Å². The SMILES string of the molecule is C=CC(C)CC(=NC)c1[nH]c(=O)c(N2CCN(C3CCN(C(=O)c4ccc(=O)[nH]c4N)CC3)C(CC)C2)nc1N.CCC. The first-order valence-electron chi connectivity index (χ1n) is 15.3. The zero-order chi connectivity index (χ0) is 31.7. The van der Waals surface area contributed by atoms with E-state index in [1.807, 2.05) is 17.9 Å². The molecule has 2 fully saturated rings.